The van der Waals surface area contributed by atoms with Crippen molar-refractivity contribution in [3.8, 4) is 0 Å². The first kappa shape index (κ1) is 18.9. The van der Waals surface area contributed by atoms with Crippen LogP contribution in [0.4, 0.5) is 0 Å². The summed E-state index contributed by atoms with van der Waals surface area (Å²) in [6.45, 7) is 5.70. The molecule has 0 aliphatic carbocycles. The molecule has 1 aromatic carbocycles. The molecule has 30 heavy (non-hydrogen) atoms. The average Bonchev–Trinajstić information content (AvgIpc) is 3.43. The van der Waals surface area contributed by atoms with Gasteiger partial charge in [0.2, 0.25) is 5.78 Å². The van der Waals surface area contributed by atoms with E-state index in [2.05, 4.69) is 9.55 Å². The van der Waals surface area contributed by atoms with Crippen molar-refractivity contribution in [1.29, 1.82) is 0 Å². The summed E-state index contributed by atoms with van der Waals surface area (Å²) in [6.07, 6.45) is 4.16. The van der Waals surface area contributed by atoms with Gasteiger partial charge in [-0.15, -0.1) is 0 Å². The van der Waals surface area contributed by atoms with Crippen molar-refractivity contribution < 1.29 is 4.74 Å². The van der Waals surface area contributed by atoms with Gasteiger partial charge in [0.1, 0.15) is 0 Å². The third-order valence-electron chi connectivity index (χ3n) is 6.14. The fraction of sp³-hybridized carbons (Fsp3) is 0.409. The largest absolute Gasteiger partial charge is 0.376 e. The second-order valence-corrected chi connectivity index (χ2v) is 8.13. The summed E-state index contributed by atoms with van der Waals surface area (Å²) >= 11 is 0. The number of ether oxygens (including phenoxy) is 1. The van der Waals surface area contributed by atoms with Crippen molar-refractivity contribution in [3.05, 3.63) is 68.1 Å². The number of fused-ring (bicyclic) bond motifs is 3. The molecule has 0 radical (unpaired) electrons. The number of rotatable bonds is 4. The molecule has 0 N–H and O–H groups in total. The number of hydrogen-bond donors (Lipinski definition) is 0. The molecule has 1 fully saturated rings. The van der Waals surface area contributed by atoms with Crippen LogP contribution in [-0.2, 0) is 24.9 Å². The molecule has 0 spiro atoms. The van der Waals surface area contributed by atoms with Gasteiger partial charge in [-0.3, -0.25) is 18.3 Å². The summed E-state index contributed by atoms with van der Waals surface area (Å²) in [5, 5.41) is 0. The normalized spacial score (nSPS) is 16.8. The molecule has 8 nitrogen and oxygen atoms in total. The van der Waals surface area contributed by atoms with Crippen molar-refractivity contribution in [3.63, 3.8) is 0 Å². The van der Waals surface area contributed by atoms with E-state index in [4.69, 9.17) is 4.74 Å². The zero-order chi connectivity index (χ0) is 21.0. The van der Waals surface area contributed by atoms with E-state index in [-0.39, 0.29) is 23.9 Å². The van der Waals surface area contributed by atoms with Crippen molar-refractivity contribution in [2.75, 3.05) is 6.61 Å². The van der Waals surface area contributed by atoms with Crippen LogP contribution >= 0.6 is 0 Å². The number of imidazole rings is 2. The Labute approximate surface area is 173 Å². The molecule has 1 aliphatic rings. The van der Waals surface area contributed by atoms with E-state index in [1.807, 2.05) is 48.7 Å². The molecule has 4 heterocycles. The molecule has 8 heteroatoms. The van der Waals surface area contributed by atoms with Crippen LogP contribution in [0, 0.1) is 13.8 Å². The Morgan fingerprint density at radius 3 is 2.70 bits per heavy atom. The predicted octanol–water partition coefficient (Wildman–Crippen LogP) is 1.99. The number of hydrogen-bond acceptors (Lipinski definition) is 4. The van der Waals surface area contributed by atoms with E-state index in [1.165, 1.54) is 9.13 Å². The third-order valence-corrected chi connectivity index (χ3v) is 6.14. The maximum absolute atomic E-state index is 13.4. The molecular formula is C22H25N5O3. The highest BCUT2D eigenvalue weighted by atomic mass is 16.5. The van der Waals surface area contributed by atoms with E-state index in [0.29, 0.717) is 23.5 Å². The van der Waals surface area contributed by atoms with Gasteiger partial charge >= 0.3 is 5.69 Å². The predicted molar refractivity (Wildman–Crippen MR) is 114 cm³/mol. The Morgan fingerprint density at radius 2 is 1.97 bits per heavy atom. The first-order chi connectivity index (χ1) is 14.5. The number of benzene rings is 1. The quantitative estimate of drug-likeness (QED) is 0.519. The smallest absolute Gasteiger partial charge is 0.332 e. The van der Waals surface area contributed by atoms with Gasteiger partial charge in [-0.2, -0.15) is 4.98 Å². The fourth-order valence-electron chi connectivity index (χ4n) is 4.37. The topological polar surface area (TPSA) is 75.5 Å². The molecule has 156 valence electrons. The van der Waals surface area contributed by atoms with Crippen molar-refractivity contribution in [1.82, 2.24) is 23.1 Å². The average molecular weight is 407 g/mol. The highest BCUT2D eigenvalue weighted by Gasteiger charge is 2.23. The first-order valence-electron chi connectivity index (χ1n) is 10.3. The Morgan fingerprint density at radius 1 is 1.17 bits per heavy atom. The summed E-state index contributed by atoms with van der Waals surface area (Å²) in [7, 11) is 1.67. The van der Waals surface area contributed by atoms with Crippen LogP contribution in [0.5, 0.6) is 0 Å². The second kappa shape index (κ2) is 6.98. The number of nitrogens with zero attached hydrogens (tertiary/aromatic N) is 5. The highest BCUT2D eigenvalue weighted by molar-refractivity contribution is 5.75. The van der Waals surface area contributed by atoms with Gasteiger partial charge in [-0.05, 0) is 37.8 Å². The Kier molecular flexibility index (Phi) is 4.39. The van der Waals surface area contributed by atoms with E-state index >= 15 is 0 Å². The van der Waals surface area contributed by atoms with Gasteiger partial charge in [0.25, 0.3) is 5.56 Å². The van der Waals surface area contributed by atoms with Crippen molar-refractivity contribution >= 4 is 16.9 Å². The molecule has 0 bridgehead atoms. The summed E-state index contributed by atoms with van der Waals surface area (Å²) in [6, 6.07) is 7.79. The van der Waals surface area contributed by atoms with E-state index in [1.54, 1.807) is 7.05 Å². The highest BCUT2D eigenvalue weighted by Crippen LogP contribution is 2.20. The van der Waals surface area contributed by atoms with Crippen LogP contribution in [0.1, 0.15) is 29.7 Å². The SMILES string of the molecule is Cc1ccccc1Cn1c(=O)c2c(nc3n(C[C@@H]4CCCO4)c(C)cn23)n(C)c1=O. The molecule has 1 atom stereocenters. The summed E-state index contributed by atoms with van der Waals surface area (Å²) < 4.78 is 12.4. The monoisotopic (exact) mass is 407 g/mol. The molecule has 1 aliphatic heterocycles. The van der Waals surface area contributed by atoms with Crippen LogP contribution in [-0.4, -0.2) is 35.8 Å². The number of aromatic nitrogens is 5. The zero-order valence-corrected chi connectivity index (χ0v) is 17.5. The third kappa shape index (κ3) is 2.82. The fourth-order valence-corrected chi connectivity index (χ4v) is 4.37. The molecule has 0 amide bonds. The van der Waals surface area contributed by atoms with Crippen LogP contribution in [0.25, 0.3) is 16.9 Å². The standard InChI is InChI=1S/C22H25N5O3/c1-14-7-4-5-8-16(14)12-27-20(28)18-19(24(3)22(27)29)23-21-25(15(2)11-26(18)21)13-17-9-6-10-30-17/h4-5,7-8,11,17H,6,9-10,12-13H2,1-3H3/t17-/m0/s1. The Bertz CT molecular complexity index is 1380. The maximum atomic E-state index is 13.4. The first-order valence-corrected chi connectivity index (χ1v) is 10.3. The molecule has 5 rings (SSSR count). The van der Waals surface area contributed by atoms with Gasteiger partial charge in [-0.1, -0.05) is 24.3 Å². The number of aryl methyl sites for hydroxylation is 3. The molecule has 4 aromatic rings. The molecule has 0 saturated carbocycles. The summed E-state index contributed by atoms with van der Waals surface area (Å²) in [5.41, 5.74) is 3.15. The maximum Gasteiger partial charge on any atom is 0.332 e. The van der Waals surface area contributed by atoms with E-state index in [0.717, 1.165) is 36.3 Å². The Balaban J connectivity index is 1.71. The van der Waals surface area contributed by atoms with Gasteiger partial charge in [0.05, 0.1) is 19.2 Å². The minimum atomic E-state index is -0.362. The second-order valence-electron chi connectivity index (χ2n) is 8.13. The van der Waals surface area contributed by atoms with Crippen LogP contribution < -0.4 is 11.2 Å². The zero-order valence-electron chi connectivity index (χ0n) is 17.5. The minimum absolute atomic E-state index is 0.154. The Hall–Kier alpha value is -3.13. The van der Waals surface area contributed by atoms with Crippen LogP contribution in [0.2, 0.25) is 0 Å². The summed E-state index contributed by atoms with van der Waals surface area (Å²) in [5.74, 6) is 0.666. The lowest BCUT2D eigenvalue weighted by Crippen LogP contribution is -2.39. The molecule has 3 aromatic heterocycles. The van der Waals surface area contributed by atoms with Crippen LogP contribution in [0.15, 0.2) is 40.1 Å². The van der Waals surface area contributed by atoms with Gasteiger partial charge < -0.3 is 9.30 Å². The van der Waals surface area contributed by atoms with E-state index in [9.17, 15) is 9.59 Å². The van der Waals surface area contributed by atoms with Crippen molar-refractivity contribution in [2.24, 2.45) is 7.05 Å². The van der Waals surface area contributed by atoms with Gasteiger partial charge in [0.15, 0.2) is 11.2 Å². The lowest BCUT2D eigenvalue weighted by atomic mass is 10.1. The summed E-state index contributed by atoms with van der Waals surface area (Å²) in [4.78, 5) is 31.1. The van der Waals surface area contributed by atoms with Gasteiger partial charge in [0, 0.05) is 25.5 Å². The van der Waals surface area contributed by atoms with E-state index < -0.39 is 0 Å². The molecule has 0 unspecified atom stereocenters. The van der Waals surface area contributed by atoms with Gasteiger partial charge in [-0.25, -0.2) is 4.79 Å². The van der Waals surface area contributed by atoms with Crippen molar-refractivity contribution in [2.45, 2.75) is 45.9 Å². The molecular weight excluding hydrogens is 382 g/mol. The lowest BCUT2D eigenvalue weighted by molar-refractivity contribution is 0.0974. The molecule has 1 saturated heterocycles. The minimum Gasteiger partial charge on any atom is -0.376 e. The van der Waals surface area contributed by atoms with Crippen LogP contribution in [0.3, 0.4) is 0 Å². The lowest BCUT2D eigenvalue weighted by Gasteiger charge is -2.11.